The molecule has 1 aromatic carbocycles. The number of nitrogens with one attached hydrogen (secondary N) is 3. The normalized spacial score (nSPS) is 11.6. The van der Waals surface area contributed by atoms with Gasteiger partial charge in [0.05, 0.1) is 6.33 Å². The third-order valence-corrected chi connectivity index (χ3v) is 2.93. The Kier molecular flexibility index (Phi) is 4.92. The molecular weight excluding hydrogens is 270 g/mol. The maximum absolute atomic E-state index is 12.2. The smallest absolute Gasteiger partial charge is 0.313 e. The van der Waals surface area contributed by atoms with Crippen molar-refractivity contribution in [2.24, 2.45) is 5.73 Å². The molecule has 1 heterocycles. The Hall–Kier alpha value is -2.83. The molecule has 2 rings (SSSR count). The van der Waals surface area contributed by atoms with E-state index in [0.717, 1.165) is 5.69 Å². The molecule has 0 fully saturated rings. The van der Waals surface area contributed by atoms with Gasteiger partial charge in [-0.1, -0.05) is 30.3 Å². The molecule has 7 nitrogen and oxygen atoms in total. The van der Waals surface area contributed by atoms with Gasteiger partial charge in [0.1, 0.15) is 6.04 Å². The molecule has 1 atom stereocenters. The van der Waals surface area contributed by atoms with Crippen LogP contribution in [-0.2, 0) is 11.2 Å². The van der Waals surface area contributed by atoms with Crippen LogP contribution in [0.3, 0.4) is 0 Å². The number of aromatic amines is 1. The van der Waals surface area contributed by atoms with Gasteiger partial charge in [0.2, 0.25) is 5.91 Å². The summed E-state index contributed by atoms with van der Waals surface area (Å²) in [6.45, 7) is 0.435. The molecule has 1 aromatic heterocycles. The quantitative estimate of drug-likeness (QED) is 0.619. The van der Waals surface area contributed by atoms with Crippen LogP contribution in [-0.4, -0.2) is 28.5 Å². The second-order valence-corrected chi connectivity index (χ2v) is 4.47. The maximum atomic E-state index is 12.2. The number of hydrogen-bond acceptors (Lipinski definition) is 3. The first-order chi connectivity index (χ1) is 10.2. The molecule has 0 aliphatic carbocycles. The number of hydrogen-bond donors (Lipinski definition) is 4. The highest BCUT2D eigenvalue weighted by atomic mass is 16.2. The second kappa shape index (κ2) is 7.09. The number of imidazole rings is 1. The fourth-order valence-electron chi connectivity index (χ4n) is 1.93. The highest BCUT2D eigenvalue weighted by Crippen LogP contribution is 2.12. The van der Waals surface area contributed by atoms with Crippen LogP contribution in [0.15, 0.2) is 42.9 Å². The van der Waals surface area contributed by atoms with Crippen molar-refractivity contribution in [1.29, 1.82) is 0 Å². The summed E-state index contributed by atoms with van der Waals surface area (Å²) in [7, 11) is 0. The van der Waals surface area contributed by atoms with Crippen molar-refractivity contribution in [3.8, 4) is 0 Å². The minimum absolute atomic E-state index is 0.306. The fourth-order valence-corrected chi connectivity index (χ4v) is 1.93. The molecule has 0 aliphatic heterocycles. The Balaban J connectivity index is 1.96. The number of benzene rings is 1. The number of urea groups is 1. The minimum atomic E-state index is -0.800. The lowest BCUT2D eigenvalue weighted by atomic mass is 10.1. The van der Waals surface area contributed by atoms with Gasteiger partial charge in [-0.05, 0) is 5.56 Å². The summed E-state index contributed by atoms with van der Waals surface area (Å²) in [5.74, 6) is -0.306. The predicted molar refractivity (Wildman–Crippen MR) is 77.2 cm³/mol. The largest absolute Gasteiger partial charge is 0.354 e. The summed E-state index contributed by atoms with van der Waals surface area (Å²) >= 11 is 0. The Morgan fingerprint density at radius 2 is 2.05 bits per heavy atom. The Morgan fingerprint density at radius 3 is 2.67 bits per heavy atom. The second-order valence-electron chi connectivity index (χ2n) is 4.47. The highest BCUT2D eigenvalue weighted by Gasteiger charge is 2.21. The number of nitrogens with two attached hydrogens (primary N) is 1. The molecule has 7 heteroatoms. The van der Waals surface area contributed by atoms with E-state index in [0.29, 0.717) is 18.5 Å². The third kappa shape index (κ3) is 4.34. The van der Waals surface area contributed by atoms with Crippen molar-refractivity contribution < 1.29 is 9.59 Å². The molecule has 110 valence electrons. The van der Waals surface area contributed by atoms with Gasteiger partial charge >= 0.3 is 6.03 Å². The van der Waals surface area contributed by atoms with Crippen molar-refractivity contribution in [3.05, 3.63) is 54.1 Å². The van der Waals surface area contributed by atoms with Crippen LogP contribution in [0, 0.1) is 0 Å². The first-order valence-electron chi connectivity index (χ1n) is 6.52. The summed E-state index contributed by atoms with van der Waals surface area (Å²) < 4.78 is 0. The van der Waals surface area contributed by atoms with Crippen molar-refractivity contribution >= 4 is 11.9 Å². The molecule has 21 heavy (non-hydrogen) atoms. The zero-order valence-electron chi connectivity index (χ0n) is 11.4. The summed E-state index contributed by atoms with van der Waals surface area (Å²) in [5, 5.41) is 5.21. The third-order valence-electron chi connectivity index (χ3n) is 2.93. The van der Waals surface area contributed by atoms with E-state index in [4.69, 9.17) is 5.73 Å². The minimum Gasteiger partial charge on any atom is -0.354 e. The molecule has 0 bridgehead atoms. The molecule has 0 spiro atoms. The van der Waals surface area contributed by atoms with Gasteiger partial charge in [-0.15, -0.1) is 0 Å². The maximum Gasteiger partial charge on any atom is 0.313 e. The van der Waals surface area contributed by atoms with Crippen LogP contribution in [0.25, 0.3) is 0 Å². The Bertz CT molecular complexity index is 583. The number of carbonyl (C=O) groups is 2. The molecule has 0 aliphatic rings. The van der Waals surface area contributed by atoms with Crippen LogP contribution in [0.5, 0.6) is 0 Å². The number of aromatic nitrogens is 2. The highest BCUT2D eigenvalue weighted by molar-refractivity contribution is 5.87. The van der Waals surface area contributed by atoms with Gasteiger partial charge in [-0.25, -0.2) is 9.78 Å². The standard InChI is InChI=1S/C14H17N5O2/c15-14(21)19-12(10-4-2-1-3-5-10)13(20)17-7-6-11-8-16-9-18-11/h1-5,8-9,12H,6-7H2,(H,16,18)(H,17,20)(H3,15,19,21). The molecule has 1 unspecified atom stereocenters. The van der Waals surface area contributed by atoms with Gasteiger partial charge in [0.25, 0.3) is 0 Å². The summed E-state index contributed by atoms with van der Waals surface area (Å²) in [5.41, 5.74) is 6.73. The van der Waals surface area contributed by atoms with Crippen LogP contribution >= 0.6 is 0 Å². The van der Waals surface area contributed by atoms with E-state index in [1.165, 1.54) is 0 Å². The van der Waals surface area contributed by atoms with Gasteiger partial charge in [0.15, 0.2) is 0 Å². The SMILES string of the molecule is NC(=O)NC(C(=O)NCCc1cnc[nH]1)c1ccccc1. The lowest BCUT2D eigenvalue weighted by Gasteiger charge is -2.17. The van der Waals surface area contributed by atoms with Crippen LogP contribution in [0.4, 0.5) is 4.79 Å². The van der Waals surface area contributed by atoms with E-state index in [9.17, 15) is 9.59 Å². The Morgan fingerprint density at radius 1 is 1.29 bits per heavy atom. The van der Waals surface area contributed by atoms with Crippen molar-refractivity contribution in [2.75, 3.05) is 6.54 Å². The summed E-state index contributed by atoms with van der Waals surface area (Å²) in [4.78, 5) is 30.1. The topological polar surface area (TPSA) is 113 Å². The number of carbonyl (C=O) groups excluding carboxylic acids is 2. The number of amides is 3. The van der Waals surface area contributed by atoms with E-state index in [-0.39, 0.29) is 5.91 Å². The molecular formula is C14H17N5O2. The van der Waals surface area contributed by atoms with E-state index in [2.05, 4.69) is 20.6 Å². The summed E-state index contributed by atoms with van der Waals surface area (Å²) in [6, 6.07) is 7.40. The number of primary amides is 1. The average molecular weight is 287 g/mol. The molecule has 5 N–H and O–H groups in total. The molecule has 0 radical (unpaired) electrons. The van der Waals surface area contributed by atoms with Gasteiger partial charge in [-0.3, -0.25) is 4.79 Å². The average Bonchev–Trinajstić information content (AvgIpc) is 2.98. The first kappa shape index (κ1) is 14.6. The summed E-state index contributed by atoms with van der Waals surface area (Å²) in [6.07, 6.45) is 3.91. The Labute approximate surface area is 122 Å². The van der Waals surface area contributed by atoms with Crippen molar-refractivity contribution in [2.45, 2.75) is 12.5 Å². The number of rotatable bonds is 6. The van der Waals surface area contributed by atoms with E-state index < -0.39 is 12.1 Å². The van der Waals surface area contributed by atoms with Crippen molar-refractivity contribution in [1.82, 2.24) is 20.6 Å². The predicted octanol–water partition coefficient (Wildman–Crippen LogP) is 0.478. The van der Waals surface area contributed by atoms with Crippen LogP contribution < -0.4 is 16.4 Å². The van der Waals surface area contributed by atoms with Crippen LogP contribution in [0.1, 0.15) is 17.3 Å². The fraction of sp³-hybridized carbons (Fsp3) is 0.214. The first-order valence-corrected chi connectivity index (χ1v) is 6.52. The van der Waals surface area contributed by atoms with Crippen molar-refractivity contribution in [3.63, 3.8) is 0 Å². The number of nitrogens with zero attached hydrogens (tertiary/aromatic N) is 1. The molecule has 0 saturated carbocycles. The van der Waals surface area contributed by atoms with E-state index >= 15 is 0 Å². The van der Waals surface area contributed by atoms with E-state index in [1.54, 1.807) is 36.8 Å². The zero-order chi connectivity index (χ0) is 15.1. The molecule has 0 saturated heterocycles. The van der Waals surface area contributed by atoms with Gasteiger partial charge < -0.3 is 21.4 Å². The zero-order valence-corrected chi connectivity index (χ0v) is 11.4. The molecule has 2 aromatic rings. The lowest BCUT2D eigenvalue weighted by molar-refractivity contribution is -0.123. The number of H-pyrrole nitrogens is 1. The van der Waals surface area contributed by atoms with Crippen LogP contribution in [0.2, 0.25) is 0 Å². The molecule has 3 amide bonds. The van der Waals surface area contributed by atoms with Gasteiger partial charge in [0, 0.05) is 24.9 Å². The van der Waals surface area contributed by atoms with Gasteiger partial charge in [-0.2, -0.15) is 0 Å². The van der Waals surface area contributed by atoms with E-state index in [1.807, 2.05) is 6.07 Å². The monoisotopic (exact) mass is 287 g/mol. The lowest BCUT2D eigenvalue weighted by Crippen LogP contribution is -2.43.